The summed E-state index contributed by atoms with van der Waals surface area (Å²) in [5.74, 6) is 0.686. The Labute approximate surface area is 112 Å². The number of amides is 2. The van der Waals surface area contributed by atoms with Crippen LogP contribution in [0.15, 0.2) is 0 Å². The first-order valence-electron chi connectivity index (χ1n) is 6.64. The van der Waals surface area contributed by atoms with E-state index >= 15 is 0 Å². The third-order valence-electron chi connectivity index (χ3n) is 3.81. The molecular weight excluding hydrogens is 257 g/mol. The molecule has 0 spiro atoms. The average molecular weight is 280 g/mol. The number of rotatable bonds is 2. The molecule has 6 heteroatoms. The summed E-state index contributed by atoms with van der Waals surface area (Å²) in [4.78, 5) is 13.3. The summed E-state index contributed by atoms with van der Waals surface area (Å²) in [6.45, 7) is 8.19. The van der Waals surface area contributed by atoms with Crippen molar-refractivity contribution in [3.63, 3.8) is 0 Å². The first kappa shape index (κ1) is 16.1. The van der Waals surface area contributed by atoms with Crippen molar-refractivity contribution in [2.24, 2.45) is 17.3 Å². The molecule has 1 heterocycles. The van der Waals surface area contributed by atoms with Gasteiger partial charge >= 0.3 is 12.2 Å². The molecule has 2 amide bonds. The minimum absolute atomic E-state index is 0.0553. The van der Waals surface area contributed by atoms with Crippen LogP contribution in [-0.4, -0.2) is 36.7 Å². The molecule has 112 valence electrons. The van der Waals surface area contributed by atoms with Gasteiger partial charge in [0.1, 0.15) is 6.54 Å². The largest absolute Gasteiger partial charge is 0.405 e. The zero-order valence-electron chi connectivity index (χ0n) is 12.0. The second kappa shape index (κ2) is 5.59. The standard InChI is InChI=1S/C13H23F3N2O/c1-5-9-6-18(7-10(9)12(2,3)4)11(19)17-8-13(14,15)16/h9-10H,5-8H2,1-4H3,(H,17,19). The second-order valence-electron chi connectivity index (χ2n) is 6.32. The maximum atomic E-state index is 12.1. The molecule has 0 bridgehead atoms. The van der Waals surface area contributed by atoms with E-state index in [9.17, 15) is 18.0 Å². The number of nitrogens with zero attached hydrogens (tertiary/aromatic N) is 1. The van der Waals surface area contributed by atoms with Crippen molar-refractivity contribution in [1.82, 2.24) is 10.2 Å². The molecule has 1 aliphatic rings. The molecule has 1 N–H and O–H groups in total. The highest BCUT2D eigenvalue weighted by Gasteiger charge is 2.41. The molecular formula is C13H23F3N2O. The monoisotopic (exact) mass is 280 g/mol. The Bertz CT molecular complexity index is 323. The van der Waals surface area contributed by atoms with Crippen molar-refractivity contribution in [3.05, 3.63) is 0 Å². The first-order valence-corrected chi connectivity index (χ1v) is 6.64. The molecule has 2 unspecified atom stereocenters. The van der Waals surface area contributed by atoms with Gasteiger partial charge in [-0.2, -0.15) is 13.2 Å². The van der Waals surface area contributed by atoms with E-state index in [1.165, 1.54) is 4.90 Å². The maximum Gasteiger partial charge on any atom is 0.405 e. The Kier molecular flexibility index (Phi) is 4.74. The van der Waals surface area contributed by atoms with Gasteiger partial charge in [-0.15, -0.1) is 0 Å². The summed E-state index contributed by atoms with van der Waals surface area (Å²) in [5.41, 5.74) is 0.0553. The van der Waals surface area contributed by atoms with Crippen molar-refractivity contribution < 1.29 is 18.0 Å². The molecule has 1 aliphatic heterocycles. The normalized spacial score (nSPS) is 24.7. The van der Waals surface area contributed by atoms with Gasteiger partial charge < -0.3 is 10.2 Å². The Morgan fingerprint density at radius 2 is 1.84 bits per heavy atom. The van der Waals surface area contributed by atoms with Crippen LogP contribution in [0.25, 0.3) is 0 Å². The van der Waals surface area contributed by atoms with Crippen LogP contribution < -0.4 is 5.32 Å². The fraction of sp³-hybridized carbons (Fsp3) is 0.923. The highest BCUT2D eigenvalue weighted by molar-refractivity contribution is 5.74. The fourth-order valence-electron chi connectivity index (χ4n) is 2.72. The zero-order valence-corrected chi connectivity index (χ0v) is 12.0. The molecule has 19 heavy (non-hydrogen) atoms. The van der Waals surface area contributed by atoms with Crippen LogP contribution in [0.4, 0.5) is 18.0 Å². The third-order valence-corrected chi connectivity index (χ3v) is 3.81. The SMILES string of the molecule is CCC1CN(C(=O)NCC(F)(F)F)CC1C(C)(C)C. The quantitative estimate of drug-likeness (QED) is 0.827. The smallest absolute Gasteiger partial charge is 0.329 e. The van der Waals surface area contributed by atoms with Gasteiger partial charge in [-0.3, -0.25) is 0 Å². The number of hydrogen-bond donors (Lipinski definition) is 1. The van der Waals surface area contributed by atoms with Crippen LogP contribution in [0.1, 0.15) is 34.1 Å². The second-order valence-corrected chi connectivity index (χ2v) is 6.32. The summed E-state index contributed by atoms with van der Waals surface area (Å²) in [6, 6.07) is -0.609. The molecule has 0 aromatic rings. The van der Waals surface area contributed by atoms with E-state index in [-0.39, 0.29) is 5.41 Å². The molecule has 1 saturated heterocycles. The van der Waals surface area contributed by atoms with Gasteiger partial charge in [0.2, 0.25) is 0 Å². The highest BCUT2D eigenvalue weighted by atomic mass is 19.4. The molecule has 1 fully saturated rings. The van der Waals surface area contributed by atoms with Crippen LogP contribution in [0.5, 0.6) is 0 Å². The Hall–Kier alpha value is -0.940. The Morgan fingerprint density at radius 3 is 2.21 bits per heavy atom. The third kappa shape index (κ3) is 4.58. The number of alkyl halides is 3. The number of halogens is 3. The predicted molar refractivity (Wildman–Crippen MR) is 67.8 cm³/mol. The average Bonchev–Trinajstić information content (AvgIpc) is 2.68. The van der Waals surface area contributed by atoms with Gasteiger partial charge in [-0.25, -0.2) is 4.79 Å². The van der Waals surface area contributed by atoms with Crippen LogP contribution in [0, 0.1) is 17.3 Å². The number of urea groups is 1. The molecule has 1 rings (SSSR count). The van der Waals surface area contributed by atoms with E-state index in [0.29, 0.717) is 24.9 Å². The van der Waals surface area contributed by atoms with Crippen molar-refractivity contribution in [1.29, 1.82) is 0 Å². The lowest BCUT2D eigenvalue weighted by molar-refractivity contribution is -0.123. The van der Waals surface area contributed by atoms with E-state index in [0.717, 1.165) is 6.42 Å². The summed E-state index contributed by atoms with van der Waals surface area (Å²) >= 11 is 0. The minimum atomic E-state index is -4.36. The van der Waals surface area contributed by atoms with Crippen LogP contribution in [0.2, 0.25) is 0 Å². The molecule has 2 atom stereocenters. The topological polar surface area (TPSA) is 32.3 Å². The van der Waals surface area contributed by atoms with Crippen molar-refractivity contribution in [3.8, 4) is 0 Å². The summed E-state index contributed by atoms with van der Waals surface area (Å²) in [7, 11) is 0. The molecule has 0 aromatic carbocycles. The lowest BCUT2D eigenvalue weighted by Gasteiger charge is -2.30. The zero-order chi connectivity index (χ0) is 14.8. The summed E-state index contributed by atoms with van der Waals surface area (Å²) in [6.07, 6.45) is -3.42. The lowest BCUT2D eigenvalue weighted by Crippen LogP contribution is -2.43. The Balaban J connectivity index is 2.60. The van der Waals surface area contributed by atoms with Gasteiger partial charge in [-0.1, -0.05) is 34.1 Å². The molecule has 0 saturated carbocycles. The predicted octanol–water partition coefficient (Wildman–Crippen LogP) is 3.26. The van der Waals surface area contributed by atoms with Crippen LogP contribution in [-0.2, 0) is 0 Å². The molecule has 0 aromatic heterocycles. The van der Waals surface area contributed by atoms with Gasteiger partial charge in [-0.05, 0) is 17.3 Å². The van der Waals surface area contributed by atoms with E-state index in [1.54, 1.807) is 0 Å². The number of hydrogen-bond acceptors (Lipinski definition) is 1. The van der Waals surface area contributed by atoms with Gasteiger partial charge in [0.15, 0.2) is 0 Å². The van der Waals surface area contributed by atoms with Crippen molar-refractivity contribution >= 4 is 6.03 Å². The fourth-order valence-corrected chi connectivity index (χ4v) is 2.72. The number of likely N-dealkylation sites (tertiary alicyclic amines) is 1. The lowest BCUT2D eigenvalue weighted by atomic mass is 9.74. The molecule has 0 aliphatic carbocycles. The summed E-state index contributed by atoms with van der Waals surface area (Å²) in [5, 5.41) is 1.94. The van der Waals surface area contributed by atoms with Gasteiger partial charge in [0.05, 0.1) is 0 Å². The molecule has 3 nitrogen and oxygen atoms in total. The molecule has 0 radical (unpaired) electrons. The Morgan fingerprint density at radius 1 is 1.26 bits per heavy atom. The number of carbonyl (C=O) groups is 1. The van der Waals surface area contributed by atoms with E-state index < -0.39 is 18.8 Å². The summed E-state index contributed by atoms with van der Waals surface area (Å²) < 4.78 is 36.2. The van der Waals surface area contributed by atoms with E-state index in [4.69, 9.17) is 0 Å². The maximum absolute atomic E-state index is 12.1. The van der Waals surface area contributed by atoms with Gasteiger partial charge in [0, 0.05) is 13.1 Å². The minimum Gasteiger partial charge on any atom is -0.329 e. The van der Waals surface area contributed by atoms with Crippen LogP contribution >= 0.6 is 0 Å². The number of carbonyl (C=O) groups excluding carboxylic acids is 1. The van der Waals surface area contributed by atoms with Crippen LogP contribution in [0.3, 0.4) is 0 Å². The van der Waals surface area contributed by atoms with Crippen molar-refractivity contribution in [2.75, 3.05) is 19.6 Å². The highest BCUT2D eigenvalue weighted by Crippen LogP contribution is 2.39. The first-order chi connectivity index (χ1) is 8.54. The van der Waals surface area contributed by atoms with E-state index in [2.05, 4.69) is 27.7 Å². The van der Waals surface area contributed by atoms with Gasteiger partial charge in [0.25, 0.3) is 0 Å². The van der Waals surface area contributed by atoms with Crippen molar-refractivity contribution in [2.45, 2.75) is 40.3 Å². The number of nitrogens with one attached hydrogen (secondary N) is 1. The van der Waals surface area contributed by atoms with E-state index in [1.807, 2.05) is 5.32 Å².